The van der Waals surface area contributed by atoms with Gasteiger partial charge in [0.2, 0.25) is 5.91 Å². The maximum atomic E-state index is 13.0. The molecule has 28 heavy (non-hydrogen) atoms. The number of hydrogen-bond donors (Lipinski definition) is 1. The minimum Gasteiger partial charge on any atom is -0.444 e. The van der Waals surface area contributed by atoms with E-state index in [9.17, 15) is 9.59 Å². The van der Waals surface area contributed by atoms with Crippen molar-refractivity contribution >= 4 is 12.0 Å². The van der Waals surface area contributed by atoms with Gasteiger partial charge in [-0.15, -0.1) is 0 Å². The summed E-state index contributed by atoms with van der Waals surface area (Å²) in [6, 6.07) is 19.0. The van der Waals surface area contributed by atoms with Gasteiger partial charge in [0.05, 0.1) is 0 Å². The number of alkyl carbamates (subject to hydrolysis) is 1. The molecule has 2 rings (SSSR count). The van der Waals surface area contributed by atoms with Gasteiger partial charge in [-0.1, -0.05) is 60.7 Å². The number of likely N-dealkylation sites (N-methyl/N-ethyl adjacent to an activating group) is 1. The van der Waals surface area contributed by atoms with E-state index >= 15 is 0 Å². The molecule has 0 saturated carbocycles. The third-order valence-corrected chi connectivity index (χ3v) is 4.23. The Balaban J connectivity index is 2.05. The zero-order valence-electron chi connectivity index (χ0n) is 17.1. The molecule has 0 heterocycles. The smallest absolute Gasteiger partial charge is 0.408 e. The highest BCUT2D eigenvalue weighted by molar-refractivity contribution is 5.86. The van der Waals surface area contributed by atoms with Gasteiger partial charge in [0.1, 0.15) is 11.6 Å². The van der Waals surface area contributed by atoms with E-state index in [1.165, 1.54) is 5.56 Å². The van der Waals surface area contributed by atoms with Crippen LogP contribution in [0.25, 0.3) is 0 Å². The number of nitrogens with one attached hydrogen (secondary N) is 1. The zero-order chi connectivity index (χ0) is 20.6. The highest BCUT2D eigenvalue weighted by Crippen LogP contribution is 2.10. The van der Waals surface area contributed by atoms with E-state index in [1.54, 1.807) is 32.7 Å². The molecule has 0 fully saturated rings. The lowest BCUT2D eigenvalue weighted by molar-refractivity contribution is -0.132. The van der Waals surface area contributed by atoms with Gasteiger partial charge in [0.15, 0.2) is 0 Å². The summed E-state index contributed by atoms with van der Waals surface area (Å²) in [5.74, 6) is -0.134. The highest BCUT2D eigenvalue weighted by atomic mass is 16.6. The fraction of sp³-hybridized carbons (Fsp3) is 0.391. The number of ether oxygens (including phenoxy) is 1. The van der Waals surface area contributed by atoms with E-state index in [0.717, 1.165) is 12.0 Å². The normalized spacial score (nSPS) is 12.1. The fourth-order valence-corrected chi connectivity index (χ4v) is 2.82. The first-order valence-corrected chi connectivity index (χ1v) is 9.57. The summed E-state index contributed by atoms with van der Waals surface area (Å²) in [6.07, 6.45) is 0.584. The third-order valence-electron chi connectivity index (χ3n) is 4.23. The van der Waals surface area contributed by atoms with Crippen molar-refractivity contribution in [3.05, 3.63) is 71.8 Å². The van der Waals surface area contributed by atoms with Crippen LogP contribution in [0.3, 0.4) is 0 Å². The predicted molar refractivity (Wildman–Crippen MR) is 111 cm³/mol. The Bertz CT molecular complexity index is 754. The highest BCUT2D eigenvalue weighted by Gasteiger charge is 2.26. The monoisotopic (exact) mass is 382 g/mol. The van der Waals surface area contributed by atoms with Crippen LogP contribution in [-0.2, 0) is 22.4 Å². The second-order valence-corrected chi connectivity index (χ2v) is 7.88. The van der Waals surface area contributed by atoms with Gasteiger partial charge in [-0.25, -0.2) is 4.79 Å². The standard InChI is InChI=1S/C23H30N2O3/c1-23(2,3)28-22(27)24-20(17-19-13-9-6-10-14-19)21(26)25(4)16-15-18-11-7-5-8-12-18/h5-14,20H,15-17H2,1-4H3,(H,24,27)/t20-/m0/s1. The topological polar surface area (TPSA) is 58.6 Å². The molecule has 2 aromatic carbocycles. The van der Waals surface area contributed by atoms with Crippen LogP contribution in [-0.4, -0.2) is 42.1 Å². The van der Waals surface area contributed by atoms with Gasteiger partial charge >= 0.3 is 6.09 Å². The molecule has 0 unspecified atom stereocenters. The Morgan fingerprint density at radius 2 is 1.50 bits per heavy atom. The second-order valence-electron chi connectivity index (χ2n) is 7.88. The van der Waals surface area contributed by atoms with Crippen molar-refractivity contribution in [1.29, 1.82) is 0 Å². The van der Waals surface area contributed by atoms with Crippen molar-refractivity contribution in [1.82, 2.24) is 10.2 Å². The van der Waals surface area contributed by atoms with Gasteiger partial charge in [-0.3, -0.25) is 4.79 Å². The van der Waals surface area contributed by atoms with Crippen molar-refractivity contribution in [2.24, 2.45) is 0 Å². The molecule has 5 heteroatoms. The molecule has 0 aliphatic rings. The summed E-state index contributed by atoms with van der Waals surface area (Å²) in [5, 5.41) is 2.75. The van der Waals surface area contributed by atoms with Crippen molar-refractivity contribution in [3.63, 3.8) is 0 Å². The Morgan fingerprint density at radius 1 is 0.964 bits per heavy atom. The summed E-state index contributed by atoms with van der Waals surface area (Å²) in [4.78, 5) is 27.0. The first-order valence-electron chi connectivity index (χ1n) is 9.57. The first kappa shape index (κ1) is 21.5. The molecule has 0 aromatic heterocycles. The van der Waals surface area contributed by atoms with Crippen molar-refractivity contribution in [2.75, 3.05) is 13.6 Å². The molecule has 0 aliphatic heterocycles. The number of carbonyl (C=O) groups is 2. The molecular formula is C23H30N2O3. The molecule has 2 aromatic rings. The van der Waals surface area contributed by atoms with Gasteiger partial charge in [-0.05, 0) is 38.3 Å². The van der Waals surface area contributed by atoms with Gasteiger partial charge < -0.3 is 15.0 Å². The van der Waals surface area contributed by atoms with Gasteiger partial charge in [0.25, 0.3) is 0 Å². The Labute approximate surface area is 167 Å². The lowest BCUT2D eigenvalue weighted by Gasteiger charge is -2.26. The van der Waals surface area contributed by atoms with E-state index in [-0.39, 0.29) is 5.91 Å². The number of nitrogens with zero attached hydrogens (tertiary/aromatic N) is 1. The molecule has 0 spiro atoms. The zero-order valence-corrected chi connectivity index (χ0v) is 17.1. The quantitative estimate of drug-likeness (QED) is 0.792. The molecule has 1 N–H and O–H groups in total. The summed E-state index contributed by atoms with van der Waals surface area (Å²) >= 11 is 0. The maximum Gasteiger partial charge on any atom is 0.408 e. The molecule has 0 aliphatic carbocycles. The summed E-state index contributed by atoms with van der Waals surface area (Å²) < 4.78 is 5.34. The van der Waals surface area contributed by atoms with Crippen LogP contribution < -0.4 is 5.32 Å². The Morgan fingerprint density at radius 3 is 2.04 bits per heavy atom. The predicted octanol–water partition coefficient (Wildman–Crippen LogP) is 3.82. The third kappa shape index (κ3) is 7.43. The fourth-order valence-electron chi connectivity index (χ4n) is 2.82. The van der Waals surface area contributed by atoms with E-state index in [1.807, 2.05) is 60.7 Å². The second kappa shape index (κ2) is 9.93. The van der Waals surface area contributed by atoms with E-state index in [4.69, 9.17) is 4.74 Å². The minimum absolute atomic E-state index is 0.134. The van der Waals surface area contributed by atoms with E-state index in [2.05, 4.69) is 5.32 Å². The lowest BCUT2D eigenvalue weighted by Crippen LogP contribution is -2.50. The molecule has 1 atom stereocenters. The van der Waals surface area contributed by atoms with Crippen molar-refractivity contribution in [2.45, 2.75) is 45.3 Å². The summed E-state index contributed by atoms with van der Waals surface area (Å²) in [6.45, 7) is 5.97. The number of carbonyl (C=O) groups excluding carboxylic acids is 2. The van der Waals surface area contributed by atoms with E-state index < -0.39 is 17.7 Å². The van der Waals surface area contributed by atoms with Crippen LogP contribution in [0.2, 0.25) is 0 Å². The average Bonchev–Trinajstić information content (AvgIpc) is 2.65. The molecule has 0 bridgehead atoms. The summed E-state index contributed by atoms with van der Waals surface area (Å²) in [5.41, 5.74) is 1.53. The van der Waals surface area contributed by atoms with Gasteiger partial charge in [-0.2, -0.15) is 0 Å². The molecule has 150 valence electrons. The number of amides is 2. The lowest BCUT2D eigenvalue weighted by atomic mass is 10.0. The van der Waals surface area contributed by atoms with Crippen LogP contribution in [0.5, 0.6) is 0 Å². The average molecular weight is 383 g/mol. The SMILES string of the molecule is CN(CCc1ccccc1)C(=O)[C@H](Cc1ccccc1)NC(=O)OC(C)(C)C. The van der Waals surface area contributed by atoms with Crippen LogP contribution >= 0.6 is 0 Å². The molecule has 0 saturated heterocycles. The van der Waals surface area contributed by atoms with Gasteiger partial charge in [0, 0.05) is 20.0 Å². The van der Waals surface area contributed by atoms with Crippen molar-refractivity contribution in [3.8, 4) is 0 Å². The number of hydrogen-bond acceptors (Lipinski definition) is 3. The maximum absolute atomic E-state index is 13.0. The van der Waals surface area contributed by atoms with Crippen molar-refractivity contribution < 1.29 is 14.3 Å². The number of rotatable bonds is 7. The Hall–Kier alpha value is -2.82. The number of benzene rings is 2. The minimum atomic E-state index is -0.682. The molecule has 5 nitrogen and oxygen atoms in total. The van der Waals surface area contributed by atoms with Crippen LogP contribution in [0.1, 0.15) is 31.9 Å². The Kier molecular flexibility index (Phi) is 7.61. The van der Waals surface area contributed by atoms with Crippen LogP contribution in [0.15, 0.2) is 60.7 Å². The van der Waals surface area contributed by atoms with E-state index in [0.29, 0.717) is 13.0 Å². The first-order chi connectivity index (χ1) is 13.2. The molecule has 0 radical (unpaired) electrons. The van der Waals surface area contributed by atoms with Crippen LogP contribution in [0, 0.1) is 0 Å². The largest absolute Gasteiger partial charge is 0.444 e. The molecular weight excluding hydrogens is 352 g/mol. The van der Waals surface area contributed by atoms with Crippen LogP contribution in [0.4, 0.5) is 4.79 Å². The summed E-state index contributed by atoms with van der Waals surface area (Å²) in [7, 11) is 1.76. The molecule has 2 amide bonds.